The maximum Gasteiger partial charge on any atom is 1.00 e. The quantitative estimate of drug-likeness (QED) is 0.305. The average molecular weight is 409 g/mol. The van der Waals surface area contributed by atoms with E-state index in [1.165, 1.54) is 18.7 Å². The van der Waals surface area contributed by atoms with Crippen LogP contribution in [0.2, 0.25) is 0 Å². The van der Waals surface area contributed by atoms with Crippen molar-refractivity contribution in [2.24, 2.45) is 0 Å². The molecular formula is C8H24ClN4NaO7P2. The molecule has 15 heteroatoms. The van der Waals surface area contributed by atoms with Gasteiger partial charge in [-0.05, 0) is 56.4 Å². The van der Waals surface area contributed by atoms with E-state index in [4.69, 9.17) is 22.9 Å². The Balaban J connectivity index is -0.000000578. The van der Waals surface area contributed by atoms with Crippen molar-refractivity contribution in [3.05, 3.63) is 0 Å². The predicted molar refractivity (Wildman–Crippen MR) is 71.0 cm³/mol. The van der Waals surface area contributed by atoms with Crippen LogP contribution in [0.5, 0.6) is 0 Å². The van der Waals surface area contributed by atoms with Crippen molar-refractivity contribution >= 4 is 15.3 Å². The molecule has 0 radical (unpaired) electrons. The second kappa shape index (κ2) is 11.2. The normalized spacial score (nSPS) is 13.2. The predicted octanol–water partition coefficient (Wildman–Crippen LogP) is -6.29. The van der Waals surface area contributed by atoms with Crippen molar-refractivity contribution in [3.63, 3.8) is 0 Å². The molecule has 0 aromatic carbocycles. The van der Waals surface area contributed by atoms with Crippen LogP contribution < -0.4 is 48.2 Å². The van der Waals surface area contributed by atoms with Crippen LogP contribution in [0, 0.1) is 10.2 Å². The van der Waals surface area contributed by atoms with Gasteiger partial charge in [0.15, 0.2) is 0 Å². The van der Waals surface area contributed by atoms with Gasteiger partial charge < -0.3 is 0 Å². The fourth-order valence-corrected chi connectivity index (χ4v) is 6.02. The Labute approximate surface area is 161 Å². The van der Waals surface area contributed by atoms with Gasteiger partial charge in [0.05, 0.1) is 0 Å². The summed E-state index contributed by atoms with van der Waals surface area (Å²) in [6, 6.07) is 0. The molecule has 0 N–H and O–H groups in total. The Kier molecular flexibility index (Phi) is 14.2. The van der Waals surface area contributed by atoms with Crippen LogP contribution in [-0.4, -0.2) is 75.1 Å². The maximum absolute atomic E-state index is 12.6. The molecular weight excluding hydrogens is 385 g/mol. The van der Waals surface area contributed by atoms with E-state index < -0.39 is 25.6 Å². The SMILES string of the molecule is CN(C)P(=O)(OP(=O)(N(C)C)N(C)C)N(C)C.[Na+].[O-][Cl+3]([O-])([O-])[O-]. The first-order valence-corrected chi connectivity index (χ1v) is 10.0. The van der Waals surface area contributed by atoms with Gasteiger partial charge in [-0.2, -0.15) is 0 Å². The summed E-state index contributed by atoms with van der Waals surface area (Å²) in [5, 5.41) is 0. The fourth-order valence-electron chi connectivity index (χ4n) is 1.15. The molecule has 0 aliphatic heterocycles. The molecule has 23 heavy (non-hydrogen) atoms. The van der Waals surface area contributed by atoms with Gasteiger partial charge in [0.2, 0.25) is 0 Å². The molecule has 0 spiro atoms. The third-order valence-electron chi connectivity index (χ3n) is 2.23. The van der Waals surface area contributed by atoms with Crippen molar-refractivity contribution in [1.82, 2.24) is 18.7 Å². The van der Waals surface area contributed by atoms with Gasteiger partial charge in [-0.15, -0.1) is 10.2 Å². The molecule has 0 rings (SSSR count). The Morgan fingerprint density at radius 1 is 0.652 bits per heavy atom. The molecule has 0 aromatic rings. The molecule has 0 saturated heterocycles. The summed E-state index contributed by atoms with van der Waals surface area (Å²) in [5.41, 5.74) is 0. The molecule has 0 fully saturated rings. The second-order valence-corrected chi connectivity index (χ2v) is 11.4. The molecule has 136 valence electrons. The number of hydrogen-bond donors (Lipinski definition) is 0. The third-order valence-corrected chi connectivity index (χ3v) is 7.98. The summed E-state index contributed by atoms with van der Waals surface area (Å²) in [6.07, 6.45) is 0. The molecule has 0 aromatic heterocycles. The van der Waals surface area contributed by atoms with Gasteiger partial charge in [0.25, 0.3) is 0 Å². The molecule has 0 unspecified atom stereocenters. The number of halogens is 1. The van der Waals surface area contributed by atoms with Crippen LogP contribution in [0.15, 0.2) is 0 Å². The minimum atomic E-state index is -4.94. The van der Waals surface area contributed by atoms with Crippen molar-refractivity contribution in [2.75, 3.05) is 56.4 Å². The van der Waals surface area contributed by atoms with E-state index in [0.717, 1.165) is 0 Å². The van der Waals surface area contributed by atoms with Crippen LogP contribution in [0.1, 0.15) is 0 Å². The maximum atomic E-state index is 12.6. The first kappa shape index (κ1) is 29.2. The molecule has 0 bridgehead atoms. The number of rotatable bonds is 6. The first-order chi connectivity index (χ1) is 9.48. The summed E-state index contributed by atoms with van der Waals surface area (Å²) >= 11 is 0. The second-order valence-electron chi connectivity index (χ2n) is 4.83. The van der Waals surface area contributed by atoms with E-state index >= 15 is 0 Å². The Hall–Kier alpha value is 1.39. The number of hydrogen-bond acceptors (Lipinski definition) is 7. The Morgan fingerprint density at radius 2 is 0.783 bits per heavy atom. The van der Waals surface area contributed by atoms with Gasteiger partial charge in [-0.3, -0.25) is 9.13 Å². The van der Waals surface area contributed by atoms with Gasteiger partial charge in [-0.1, -0.05) is 0 Å². The van der Waals surface area contributed by atoms with Crippen molar-refractivity contribution < 1.29 is 71.9 Å². The van der Waals surface area contributed by atoms with E-state index in [0.29, 0.717) is 0 Å². The van der Waals surface area contributed by atoms with Gasteiger partial charge in [0, 0.05) is 0 Å². The minimum absolute atomic E-state index is 0. The zero-order valence-corrected chi connectivity index (χ0v) is 19.5. The first-order valence-electron chi connectivity index (χ1n) is 5.73. The third kappa shape index (κ3) is 10.9. The van der Waals surface area contributed by atoms with Crippen LogP contribution in [-0.2, 0) is 13.4 Å². The van der Waals surface area contributed by atoms with E-state index in [-0.39, 0.29) is 29.6 Å². The molecule has 0 amide bonds. The van der Waals surface area contributed by atoms with Crippen LogP contribution in [0.3, 0.4) is 0 Å². The standard InChI is InChI=1S/C8H24N4O3P2.ClHO4.Na/c1-9(2)16(13,10(3)4)15-17(14,11(5)6)12(7)8;2-1(3,4)5;/h1-8H3;(H,2,3,4,5);/q;;+1/p-1. The van der Waals surface area contributed by atoms with Crippen molar-refractivity contribution in [3.8, 4) is 0 Å². The zero-order chi connectivity index (χ0) is 18.5. The van der Waals surface area contributed by atoms with Crippen molar-refractivity contribution in [1.29, 1.82) is 0 Å². The van der Waals surface area contributed by atoms with Gasteiger partial charge in [0.1, 0.15) is 0 Å². The average Bonchev–Trinajstić information content (AvgIpc) is 2.25. The van der Waals surface area contributed by atoms with Crippen LogP contribution >= 0.6 is 15.3 Å². The van der Waals surface area contributed by atoms with E-state index in [1.807, 2.05) is 0 Å². The largest absolute Gasteiger partial charge is 1.00 e. The molecule has 0 saturated carbocycles. The Morgan fingerprint density at radius 3 is 0.870 bits per heavy atom. The van der Waals surface area contributed by atoms with E-state index in [1.54, 1.807) is 56.4 Å². The molecule has 0 heterocycles. The van der Waals surface area contributed by atoms with E-state index in [2.05, 4.69) is 0 Å². The summed E-state index contributed by atoms with van der Waals surface area (Å²) in [4.78, 5) is 0. The number of nitrogens with zero attached hydrogens (tertiary/aromatic N) is 4. The minimum Gasteiger partial charge on any atom is -0.255 e. The van der Waals surface area contributed by atoms with E-state index in [9.17, 15) is 9.13 Å². The topological polar surface area (TPSA) is 149 Å². The summed E-state index contributed by atoms with van der Waals surface area (Å²) in [5.74, 6) is 0. The molecule has 0 aliphatic carbocycles. The Bertz CT molecular complexity index is 371. The van der Waals surface area contributed by atoms with Gasteiger partial charge in [-0.25, -0.2) is 41.6 Å². The summed E-state index contributed by atoms with van der Waals surface area (Å²) < 4.78 is 70.5. The summed E-state index contributed by atoms with van der Waals surface area (Å²) in [6.45, 7) is 0. The zero-order valence-electron chi connectivity index (χ0n) is 14.9. The van der Waals surface area contributed by atoms with Crippen LogP contribution in [0.4, 0.5) is 0 Å². The van der Waals surface area contributed by atoms with Crippen molar-refractivity contribution in [2.45, 2.75) is 0 Å². The smallest absolute Gasteiger partial charge is 0.255 e. The molecule has 11 nitrogen and oxygen atoms in total. The fraction of sp³-hybridized carbons (Fsp3) is 1.00. The molecule has 0 atom stereocenters. The van der Waals surface area contributed by atoms with Gasteiger partial charge >= 0.3 is 44.9 Å². The molecule has 0 aliphatic rings. The van der Waals surface area contributed by atoms with Crippen LogP contribution in [0.25, 0.3) is 0 Å². The summed E-state index contributed by atoms with van der Waals surface area (Å²) in [7, 11) is 1.59. The monoisotopic (exact) mass is 408 g/mol.